The van der Waals surface area contributed by atoms with Gasteiger partial charge in [-0.2, -0.15) is 4.57 Å². The molecule has 0 spiro atoms. The minimum Gasteiger partial charge on any atom is -0.507 e. The molecule has 1 aromatic heterocycles. The molecule has 0 amide bonds. The summed E-state index contributed by atoms with van der Waals surface area (Å²) in [4.78, 5) is 0. The van der Waals surface area contributed by atoms with Gasteiger partial charge >= 0.3 is 0 Å². The average Bonchev–Trinajstić information content (AvgIpc) is 3.40. The van der Waals surface area contributed by atoms with E-state index in [0.717, 1.165) is 44.8 Å². The van der Waals surface area contributed by atoms with E-state index in [9.17, 15) is 5.11 Å². The lowest BCUT2D eigenvalue weighted by molar-refractivity contribution is -0.633. The second kappa shape index (κ2) is 12.9. The number of aromatic hydroxyl groups is 1. The van der Waals surface area contributed by atoms with Gasteiger partial charge in [-0.25, -0.2) is 4.57 Å². The van der Waals surface area contributed by atoms with E-state index in [1.54, 1.807) is 0 Å². The Morgan fingerprint density at radius 3 is 1.88 bits per heavy atom. The van der Waals surface area contributed by atoms with Crippen molar-refractivity contribution in [2.75, 3.05) is 0 Å². The number of aryl methyl sites for hydroxylation is 2. The van der Waals surface area contributed by atoms with Crippen LogP contribution in [0.5, 0.6) is 5.75 Å². The quantitative estimate of drug-likeness (QED) is 0.172. The van der Waals surface area contributed by atoms with Crippen molar-refractivity contribution in [2.45, 2.75) is 53.4 Å². The summed E-state index contributed by atoms with van der Waals surface area (Å²) in [6.45, 7) is 13.6. The molecule has 0 bridgehead atoms. The van der Waals surface area contributed by atoms with E-state index in [-0.39, 0.29) is 0 Å². The fraction of sp³-hybridized carbons (Fsp3) is 0.196. The molecular formula is C46H45N2O+. The molecule has 244 valence electrons. The van der Waals surface area contributed by atoms with E-state index >= 15 is 0 Å². The molecule has 0 aliphatic rings. The van der Waals surface area contributed by atoms with Crippen molar-refractivity contribution >= 4 is 11.0 Å². The van der Waals surface area contributed by atoms with Crippen LogP contribution in [0.25, 0.3) is 61.5 Å². The summed E-state index contributed by atoms with van der Waals surface area (Å²) in [5, 5.41) is 12.0. The third-order valence-corrected chi connectivity index (χ3v) is 10.1. The number of rotatable bonds is 7. The van der Waals surface area contributed by atoms with E-state index in [1.165, 1.54) is 39.0 Å². The van der Waals surface area contributed by atoms with Gasteiger partial charge in [0.2, 0.25) is 0 Å². The highest BCUT2D eigenvalue weighted by molar-refractivity contribution is 5.89. The molecule has 0 radical (unpaired) electrons. The molecule has 3 heteroatoms. The van der Waals surface area contributed by atoms with Gasteiger partial charge in [0.25, 0.3) is 5.82 Å². The highest BCUT2D eigenvalue weighted by Crippen LogP contribution is 2.44. The van der Waals surface area contributed by atoms with E-state index in [1.807, 2.05) is 18.2 Å². The molecule has 7 rings (SSSR count). The zero-order valence-electron chi connectivity index (χ0n) is 29.6. The van der Waals surface area contributed by atoms with Crippen molar-refractivity contribution in [1.82, 2.24) is 4.57 Å². The number of imidazole rings is 1. The largest absolute Gasteiger partial charge is 0.507 e. The van der Waals surface area contributed by atoms with E-state index in [4.69, 9.17) is 0 Å². The van der Waals surface area contributed by atoms with Crippen LogP contribution in [0.3, 0.4) is 0 Å². The van der Waals surface area contributed by atoms with E-state index in [2.05, 4.69) is 167 Å². The molecule has 1 N–H and O–H groups in total. The molecule has 3 nitrogen and oxygen atoms in total. The number of para-hydroxylation sites is 4. The van der Waals surface area contributed by atoms with Gasteiger partial charge in [-0.15, -0.1) is 0 Å². The topological polar surface area (TPSA) is 29.0 Å². The Morgan fingerprint density at radius 2 is 1.16 bits per heavy atom. The molecule has 6 aromatic carbocycles. The number of benzene rings is 6. The van der Waals surface area contributed by atoms with Gasteiger partial charge in [-0.1, -0.05) is 137 Å². The van der Waals surface area contributed by atoms with Gasteiger partial charge in [0, 0.05) is 22.3 Å². The van der Waals surface area contributed by atoms with Crippen molar-refractivity contribution in [1.29, 1.82) is 0 Å². The Kier molecular flexibility index (Phi) is 8.46. The molecule has 0 aliphatic heterocycles. The zero-order chi connectivity index (χ0) is 34.4. The lowest BCUT2D eigenvalue weighted by Gasteiger charge is -2.20. The molecule has 0 aliphatic carbocycles. The lowest BCUT2D eigenvalue weighted by atomic mass is 9.89. The number of phenolic OH excluding ortho intramolecular Hbond substituents is 1. The van der Waals surface area contributed by atoms with Crippen LogP contribution in [-0.2, 0) is 7.05 Å². The Balaban J connectivity index is 1.47. The number of hydrogen-bond donors (Lipinski definition) is 1. The highest BCUT2D eigenvalue weighted by atomic mass is 16.3. The SMILES string of the molecule is Cc1ccc(-c2cccc(-c3cccc(-c4ccccc4)c3)c2O)c(C)c1-c1n(-c2c(C(C)C)cccc2C(C)C)c2ccccc2[n+]1C. The maximum atomic E-state index is 12.0. The minimum absolute atomic E-state index is 0.294. The van der Waals surface area contributed by atoms with Crippen molar-refractivity contribution in [3.05, 3.63) is 150 Å². The number of nitrogens with zero attached hydrogens (tertiary/aromatic N) is 2. The Morgan fingerprint density at radius 1 is 0.571 bits per heavy atom. The van der Waals surface area contributed by atoms with Crippen LogP contribution in [0.2, 0.25) is 0 Å². The molecule has 7 aromatic rings. The summed E-state index contributed by atoms with van der Waals surface area (Å²) in [7, 11) is 2.19. The first-order valence-electron chi connectivity index (χ1n) is 17.4. The summed E-state index contributed by atoms with van der Waals surface area (Å²) in [5.74, 6) is 2.13. The Labute approximate surface area is 290 Å². The summed E-state index contributed by atoms with van der Waals surface area (Å²) in [6, 6.07) is 44.8. The molecule has 0 saturated carbocycles. The van der Waals surface area contributed by atoms with Gasteiger partial charge in [0.05, 0.1) is 12.6 Å². The van der Waals surface area contributed by atoms with Crippen LogP contribution >= 0.6 is 0 Å². The normalized spacial score (nSPS) is 11.6. The highest BCUT2D eigenvalue weighted by Gasteiger charge is 2.32. The number of fused-ring (bicyclic) bond motifs is 1. The predicted octanol–water partition coefficient (Wildman–Crippen LogP) is 11.7. The number of aromatic nitrogens is 2. The second-order valence-corrected chi connectivity index (χ2v) is 13.9. The number of hydrogen-bond acceptors (Lipinski definition) is 1. The molecule has 0 fully saturated rings. The van der Waals surface area contributed by atoms with Gasteiger partial charge in [0.1, 0.15) is 11.4 Å². The van der Waals surface area contributed by atoms with Crippen LogP contribution in [0.4, 0.5) is 0 Å². The first kappa shape index (κ1) is 32.2. The van der Waals surface area contributed by atoms with Gasteiger partial charge in [0.15, 0.2) is 11.0 Å². The second-order valence-electron chi connectivity index (χ2n) is 13.9. The third-order valence-electron chi connectivity index (χ3n) is 10.1. The predicted molar refractivity (Wildman–Crippen MR) is 206 cm³/mol. The molecular weight excluding hydrogens is 597 g/mol. The Hall–Kier alpha value is -5.41. The van der Waals surface area contributed by atoms with Crippen LogP contribution in [0.1, 0.15) is 61.8 Å². The first-order chi connectivity index (χ1) is 23.7. The maximum Gasteiger partial charge on any atom is 0.295 e. The minimum atomic E-state index is 0.294. The summed E-state index contributed by atoms with van der Waals surface area (Å²) < 4.78 is 4.85. The molecule has 0 saturated heterocycles. The summed E-state index contributed by atoms with van der Waals surface area (Å²) >= 11 is 0. The fourth-order valence-corrected chi connectivity index (χ4v) is 7.56. The van der Waals surface area contributed by atoms with Gasteiger partial charge in [-0.3, -0.25) is 0 Å². The fourth-order valence-electron chi connectivity index (χ4n) is 7.56. The van der Waals surface area contributed by atoms with Gasteiger partial charge < -0.3 is 5.11 Å². The average molecular weight is 642 g/mol. The van der Waals surface area contributed by atoms with Crippen LogP contribution in [0, 0.1) is 13.8 Å². The maximum absolute atomic E-state index is 12.0. The van der Waals surface area contributed by atoms with Crippen molar-refractivity contribution in [2.24, 2.45) is 7.05 Å². The zero-order valence-corrected chi connectivity index (χ0v) is 29.6. The van der Waals surface area contributed by atoms with Crippen molar-refractivity contribution in [3.63, 3.8) is 0 Å². The molecule has 49 heavy (non-hydrogen) atoms. The van der Waals surface area contributed by atoms with Crippen LogP contribution < -0.4 is 4.57 Å². The third kappa shape index (κ3) is 5.54. The first-order valence-corrected chi connectivity index (χ1v) is 17.4. The number of phenols is 1. The van der Waals surface area contributed by atoms with E-state index < -0.39 is 0 Å². The summed E-state index contributed by atoms with van der Waals surface area (Å²) in [6.07, 6.45) is 0. The smallest absolute Gasteiger partial charge is 0.295 e. The molecule has 0 atom stereocenters. The monoisotopic (exact) mass is 641 g/mol. The van der Waals surface area contributed by atoms with Crippen LogP contribution in [0.15, 0.2) is 127 Å². The van der Waals surface area contributed by atoms with E-state index in [0.29, 0.717) is 17.6 Å². The summed E-state index contributed by atoms with van der Waals surface area (Å²) in [5.41, 5.74) is 15.8. The lowest BCUT2D eigenvalue weighted by Crippen LogP contribution is -2.31. The van der Waals surface area contributed by atoms with Crippen molar-refractivity contribution < 1.29 is 9.67 Å². The van der Waals surface area contributed by atoms with Crippen molar-refractivity contribution in [3.8, 4) is 56.2 Å². The molecule has 0 unspecified atom stereocenters. The Bertz CT molecular complexity index is 2300. The van der Waals surface area contributed by atoms with Gasteiger partial charge in [-0.05, 0) is 77.3 Å². The standard InChI is InChI=1S/C46H44N2O/c1-29(2)36-20-14-21-37(30(3)4)44(36)48-42-25-12-11-24-41(42)47(7)46(48)43-31(5)26-27-38(32(43)6)40-23-15-22-39(45(40)49)35-19-13-18-34(28-35)33-16-9-8-10-17-33/h8-30H,1-7H3/p+1. The van der Waals surface area contributed by atoms with Crippen LogP contribution in [-0.4, -0.2) is 9.67 Å². The molecule has 1 heterocycles.